The molecule has 7 heteroatoms. The predicted molar refractivity (Wildman–Crippen MR) is 72.0 cm³/mol. The second-order valence-electron chi connectivity index (χ2n) is 4.93. The van der Waals surface area contributed by atoms with Gasteiger partial charge in [-0.1, -0.05) is 0 Å². The Morgan fingerprint density at radius 2 is 2.25 bits per heavy atom. The summed E-state index contributed by atoms with van der Waals surface area (Å²) in [4.78, 5) is 15.1. The van der Waals surface area contributed by atoms with Gasteiger partial charge < -0.3 is 9.30 Å². The zero-order chi connectivity index (χ0) is 14.5. The van der Waals surface area contributed by atoms with E-state index in [4.69, 9.17) is 4.74 Å². The van der Waals surface area contributed by atoms with Crippen LogP contribution in [0.25, 0.3) is 10.9 Å². The maximum atomic E-state index is 11.8. The van der Waals surface area contributed by atoms with Crippen LogP contribution < -0.4 is 0 Å². The smallest absolute Gasteiger partial charge is 0.303 e. The molecule has 0 saturated heterocycles. The van der Waals surface area contributed by atoms with Crippen LogP contribution in [-0.2, 0) is 25.9 Å². The minimum atomic E-state index is -3.39. The van der Waals surface area contributed by atoms with Gasteiger partial charge >= 0.3 is 5.97 Å². The molecule has 6 nitrogen and oxygen atoms in total. The number of hydrogen-bond acceptors (Lipinski definition) is 5. The molecule has 3 heterocycles. The van der Waals surface area contributed by atoms with Crippen molar-refractivity contribution < 1.29 is 17.9 Å². The third-order valence-electron chi connectivity index (χ3n) is 3.43. The molecule has 0 spiro atoms. The number of ether oxygens (including phenoxy) is 1. The molecular weight excluding hydrogens is 280 g/mol. The van der Waals surface area contributed by atoms with Crippen LogP contribution in [0, 0.1) is 0 Å². The van der Waals surface area contributed by atoms with Gasteiger partial charge in [0.25, 0.3) is 0 Å². The summed E-state index contributed by atoms with van der Waals surface area (Å²) >= 11 is 0. The molecule has 20 heavy (non-hydrogen) atoms. The molecule has 0 N–H and O–H groups in total. The lowest BCUT2D eigenvalue weighted by Gasteiger charge is -2.08. The van der Waals surface area contributed by atoms with Gasteiger partial charge in [-0.05, 0) is 12.1 Å². The van der Waals surface area contributed by atoms with Crippen molar-refractivity contribution in [2.45, 2.75) is 31.0 Å². The summed E-state index contributed by atoms with van der Waals surface area (Å²) < 4.78 is 30.8. The molecule has 3 rings (SSSR count). The highest BCUT2D eigenvalue weighted by atomic mass is 32.2. The molecule has 1 aliphatic heterocycles. The number of aryl methyl sites for hydroxylation is 1. The molecule has 0 amide bonds. The van der Waals surface area contributed by atoms with Crippen LogP contribution in [0.15, 0.2) is 23.4 Å². The second kappa shape index (κ2) is 4.31. The topological polar surface area (TPSA) is 78.3 Å². The molecule has 106 valence electrons. The molecule has 0 radical (unpaired) electrons. The lowest BCUT2D eigenvalue weighted by Crippen LogP contribution is -2.04. The maximum Gasteiger partial charge on any atom is 0.303 e. The van der Waals surface area contributed by atoms with Crippen molar-refractivity contribution in [3.05, 3.63) is 24.0 Å². The van der Waals surface area contributed by atoms with Gasteiger partial charge in [0, 0.05) is 37.7 Å². The van der Waals surface area contributed by atoms with E-state index in [0.29, 0.717) is 18.4 Å². The summed E-state index contributed by atoms with van der Waals surface area (Å²) in [6.07, 6.45) is 3.03. The van der Waals surface area contributed by atoms with Gasteiger partial charge in [0.2, 0.25) is 0 Å². The number of pyridine rings is 1. The fourth-order valence-electron chi connectivity index (χ4n) is 2.71. The van der Waals surface area contributed by atoms with Gasteiger partial charge in [0.1, 0.15) is 6.10 Å². The van der Waals surface area contributed by atoms with Gasteiger partial charge in [-0.15, -0.1) is 0 Å². The van der Waals surface area contributed by atoms with Gasteiger partial charge in [-0.2, -0.15) is 0 Å². The van der Waals surface area contributed by atoms with Crippen molar-refractivity contribution in [1.29, 1.82) is 0 Å². The van der Waals surface area contributed by atoms with Crippen LogP contribution in [0.4, 0.5) is 0 Å². The van der Waals surface area contributed by atoms with Crippen molar-refractivity contribution in [3.63, 3.8) is 0 Å². The molecule has 0 fully saturated rings. The number of nitrogens with zero attached hydrogens (tertiary/aromatic N) is 2. The van der Waals surface area contributed by atoms with Gasteiger partial charge in [0.15, 0.2) is 14.9 Å². The Morgan fingerprint density at radius 3 is 2.90 bits per heavy atom. The molecular formula is C13H14N2O4S. The average Bonchev–Trinajstić information content (AvgIpc) is 2.87. The molecule has 1 aliphatic rings. The number of aromatic nitrogens is 2. The van der Waals surface area contributed by atoms with Crippen LogP contribution in [0.1, 0.15) is 25.1 Å². The molecule has 1 atom stereocenters. The number of rotatable bonds is 2. The minimum Gasteiger partial charge on any atom is -0.456 e. The quantitative estimate of drug-likeness (QED) is 0.783. The first-order chi connectivity index (χ1) is 9.38. The molecule has 0 bridgehead atoms. The van der Waals surface area contributed by atoms with E-state index in [-0.39, 0.29) is 17.1 Å². The Labute approximate surface area is 116 Å². The standard InChI is InChI=1S/C13H14N2O4S/c1-8(16)19-12-4-6-15-10-3-5-14-13(20(2,17)18)9(10)7-11(12)15/h3,5,7,12H,4,6H2,1-2H3. The highest BCUT2D eigenvalue weighted by Gasteiger charge is 2.29. The molecule has 0 aliphatic carbocycles. The lowest BCUT2D eigenvalue weighted by molar-refractivity contribution is -0.146. The largest absolute Gasteiger partial charge is 0.456 e. The monoisotopic (exact) mass is 294 g/mol. The Morgan fingerprint density at radius 1 is 1.50 bits per heavy atom. The summed E-state index contributed by atoms with van der Waals surface area (Å²) in [5.41, 5.74) is 1.64. The second-order valence-corrected chi connectivity index (χ2v) is 6.86. The molecule has 2 aromatic heterocycles. The molecule has 2 aromatic rings. The third-order valence-corrected chi connectivity index (χ3v) is 4.46. The summed E-state index contributed by atoms with van der Waals surface area (Å²) in [6.45, 7) is 2.07. The summed E-state index contributed by atoms with van der Waals surface area (Å²) in [6, 6.07) is 3.54. The minimum absolute atomic E-state index is 0.0680. The number of carbonyl (C=O) groups excluding carboxylic acids is 1. The Balaban J connectivity index is 2.20. The third kappa shape index (κ3) is 1.98. The van der Waals surface area contributed by atoms with E-state index in [1.54, 1.807) is 12.1 Å². The molecule has 0 saturated carbocycles. The zero-order valence-electron chi connectivity index (χ0n) is 11.2. The Kier molecular flexibility index (Phi) is 2.82. The fraction of sp³-hybridized carbons (Fsp3) is 0.385. The number of esters is 1. The van der Waals surface area contributed by atoms with Crippen LogP contribution in [0.5, 0.6) is 0 Å². The van der Waals surface area contributed by atoms with Crippen molar-refractivity contribution in [3.8, 4) is 0 Å². The predicted octanol–water partition coefficient (Wildman–Crippen LogP) is 1.45. The maximum absolute atomic E-state index is 11.8. The highest BCUT2D eigenvalue weighted by molar-refractivity contribution is 7.90. The molecule has 0 aromatic carbocycles. The number of hydrogen-bond donors (Lipinski definition) is 0. The van der Waals surface area contributed by atoms with E-state index in [0.717, 1.165) is 17.5 Å². The first kappa shape index (κ1) is 13.1. The van der Waals surface area contributed by atoms with Crippen LogP contribution in [0.2, 0.25) is 0 Å². The zero-order valence-corrected chi connectivity index (χ0v) is 12.0. The number of carbonyl (C=O) groups is 1. The van der Waals surface area contributed by atoms with Gasteiger partial charge in [0.05, 0.1) is 11.2 Å². The summed E-state index contributed by atoms with van der Waals surface area (Å²) in [7, 11) is -3.39. The van der Waals surface area contributed by atoms with Gasteiger partial charge in [-0.3, -0.25) is 4.79 Å². The van der Waals surface area contributed by atoms with E-state index in [1.165, 1.54) is 13.1 Å². The average molecular weight is 294 g/mol. The SMILES string of the molecule is CC(=O)OC1CCn2c1cc1c(S(C)(=O)=O)nccc12. The van der Waals surface area contributed by atoms with Gasteiger partial charge in [-0.25, -0.2) is 13.4 Å². The van der Waals surface area contributed by atoms with Crippen molar-refractivity contribution in [2.75, 3.05) is 6.26 Å². The lowest BCUT2D eigenvalue weighted by atomic mass is 10.2. The van der Waals surface area contributed by atoms with E-state index < -0.39 is 9.84 Å². The van der Waals surface area contributed by atoms with Crippen molar-refractivity contribution in [1.82, 2.24) is 9.55 Å². The summed E-state index contributed by atoms with van der Waals surface area (Å²) in [5.74, 6) is -0.338. The van der Waals surface area contributed by atoms with Crippen LogP contribution in [0.3, 0.4) is 0 Å². The highest BCUT2D eigenvalue weighted by Crippen LogP contribution is 2.36. The normalized spacial score (nSPS) is 18.2. The van der Waals surface area contributed by atoms with E-state index >= 15 is 0 Å². The van der Waals surface area contributed by atoms with Crippen molar-refractivity contribution >= 4 is 26.7 Å². The first-order valence-electron chi connectivity index (χ1n) is 6.23. The van der Waals surface area contributed by atoms with E-state index in [9.17, 15) is 13.2 Å². The van der Waals surface area contributed by atoms with E-state index in [1.807, 2.05) is 4.57 Å². The number of fused-ring (bicyclic) bond motifs is 3. The Bertz CT molecular complexity index is 807. The fourth-order valence-corrected chi connectivity index (χ4v) is 3.52. The Hall–Kier alpha value is -1.89. The summed E-state index contributed by atoms with van der Waals surface area (Å²) in [5, 5.41) is 0.653. The molecule has 1 unspecified atom stereocenters. The van der Waals surface area contributed by atoms with Crippen molar-refractivity contribution in [2.24, 2.45) is 0 Å². The number of sulfone groups is 1. The van der Waals surface area contributed by atoms with E-state index in [2.05, 4.69) is 4.98 Å². The first-order valence-corrected chi connectivity index (χ1v) is 8.12. The van der Waals surface area contributed by atoms with Crippen LogP contribution in [-0.4, -0.2) is 30.2 Å². The van der Waals surface area contributed by atoms with Crippen LogP contribution >= 0.6 is 0 Å².